The fourth-order valence-corrected chi connectivity index (χ4v) is 2.84. The zero-order valence-corrected chi connectivity index (χ0v) is 11.3. The largest absolute Gasteiger partial charge is 0.319 e. The van der Waals surface area contributed by atoms with Gasteiger partial charge in [-0.15, -0.1) is 0 Å². The van der Waals surface area contributed by atoms with E-state index in [4.69, 9.17) is 0 Å². The molecule has 1 fully saturated rings. The lowest BCUT2D eigenvalue weighted by atomic mass is 9.94. The van der Waals surface area contributed by atoms with Gasteiger partial charge in [0.1, 0.15) is 5.82 Å². The van der Waals surface area contributed by atoms with Gasteiger partial charge in [0, 0.05) is 11.6 Å². The van der Waals surface area contributed by atoms with Gasteiger partial charge in [0.05, 0.1) is 0 Å². The number of hydrogen-bond donors (Lipinski definition) is 1. The Morgan fingerprint density at radius 3 is 2.61 bits per heavy atom. The Labute approximate surface area is 109 Å². The standard InChI is InChI=1S/C15H23FN2/c1-12(14-5-3-4-6-15(14)16)18-9-7-13(8-10-18)11-17-2/h3-6,12-13,17H,7-11H2,1-2H3. The van der Waals surface area contributed by atoms with Crippen LogP contribution in [0.4, 0.5) is 4.39 Å². The van der Waals surface area contributed by atoms with Crippen molar-refractivity contribution in [3.05, 3.63) is 35.6 Å². The molecule has 18 heavy (non-hydrogen) atoms. The van der Waals surface area contributed by atoms with Crippen molar-refractivity contribution >= 4 is 0 Å². The highest BCUT2D eigenvalue weighted by molar-refractivity contribution is 5.20. The molecule has 0 aliphatic carbocycles. The van der Waals surface area contributed by atoms with Gasteiger partial charge in [0.15, 0.2) is 0 Å². The minimum atomic E-state index is -0.0812. The quantitative estimate of drug-likeness (QED) is 0.884. The number of likely N-dealkylation sites (tertiary alicyclic amines) is 1. The van der Waals surface area contributed by atoms with Crippen LogP contribution < -0.4 is 5.32 Å². The van der Waals surface area contributed by atoms with Gasteiger partial charge in [-0.05, 0) is 58.4 Å². The van der Waals surface area contributed by atoms with Crippen LogP contribution in [0.5, 0.6) is 0 Å². The normalized spacial score (nSPS) is 19.9. The molecule has 1 unspecified atom stereocenters. The maximum atomic E-state index is 13.8. The molecule has 1 aromatic rings. The zero-order valence-electron chi connectivity index (χ0n) is 11.3. The summed E-state index contributed by atoms with van der Waals surface area (Å²) < 4.78 is 13.8. The number of rotatable bonds is 4. The molecule has 1 aliphatic rings. The third-order valence-corrected chi connectivity index (χ3v) is 4.04. The molecule has 1 aliphatic heterocycles. The van der Waals surface area contributed by atoms with Crippen molar-refractivity contribution in [3.63, 3.8) is 0 Å². The molecule has 0 spiro atoms. The molecule has 100 valence electrons. The molecular weight excluding hydrogens is 227 g/mol. The fourth-order valence-electron chi connectivity index (χ4n) is 2.84. The number of hydrogen-bond acceptors (Lipinski definition) is 2. The lowest BCUT2D eigenvalue weighted by Gasteiger charge is -2.36. The highest BCUT2D eigenvalue weighted by atomic mass is 19.1. The smallest absolute Gasteiger partial charge is 0.127 e. The first-order valence-electron chi connectivity index (χ1n) is 6.85. The summed E-state index contributed by atoms with van der Waals surface area (Å²) in [6.45, 7) is 5.35. The highest BCUT2D eigenvalue weighted by Gasteiger charge is 2.24. The van der Waals surface area contributed by atoms with Gasteiger partial charge < -0.3 is 5.32 Å². The van der Waals surface area contributed by atoms with Crippen LogP contribution in [-0.2, 0) is 0 Å². The summed E-state index contributed by atoms with van der Waals surface area (Å²) in [6.07, 6.45) is 2.42. The number of nitrogens with one attached hydrogen (secondary N) is 1. The molecule has 0 aromatic heterocycles. The van der Waals surface area contributed by atoms with Crippen molar-refractivity contribution in [1.82, 2.24) is 10.2 Å². The first kappa shape index (κ1) is 13.5. The van der Waals surface area contributed by atoms with Crippen molar-refractivity contribution in [2.45, 2.75) is 25.8 Å². The van der Waals surface area contributed by atoms with Gasteiger partial charge in [-0.2, -0.15) is 0 Å². The van der Waals surface area contributed by atoms with Crippen molar-refractivity contribution in [2.75, 3.05) is 26.7 Å². The molecular formula is C15H23FN2. The van der Waals surface area contributed by atoms with Crippen LogP contribution in [0.1, 0.15) is 31.4 Å². The maximum absolute atomic E-state index is 13.8. The number of halogens is 1. The monoisotopic (exact) mass is 250 g/mol. The summed E-state index contributed by atoms with van der Waals surface area (Å²) in [7, 11) is 2.01. The van der Waals surface area contributed by atoms with E-state index in [1.165, 1.54) is 12.8 Å². The first-order valence-corrected chi connectivity index (χ1v) is 6.85. The van der Waals surface area contributed by atoms with Gasteiger partial charge >= 0.3 is 0 Å². The summed E-state index contributed by atoms with van der Waals surface area (Å²) in [4.78, 5) is 2.39. The van der Waals surface area contributed by atoms with Gasteiger partial charge in [0.2, 0.25) is 0 Å². The lowest BCUT2D eigenvalue weighted by Crippen LogP contribution is -2.38. The lowest BCUT2D eigenvalue weighted by molar-refractivity contribution is 0.139. The van der Waals surface area contributed by atoms with Crippen LogP contribution in [0.2, 0.25) is 0 Å². The molecule has 1 heterocycles. The Balaban J connectivity index is 1.95. The van der Waals surface area contributed by atoms with E-state index in [0.29, 0.717) is 0 Å². The SMILES string of the molecule is CNCC1CCN(C(C)c2ccccc2F)CC1. The molecule has 2 rings (SSSR count). The van der Waals surface area contributed by atoms with Gasteiger partial charge in [0.25, 0.3) is 0 Å². The van der Waals surface area contributed by atoms with Crippen LogP contribution >= 0.6 is 0 Å². The third-order valence-electron chi connectivity index (χ3n) is 4.04. The summed E-state index contributed by atoms with van der Waals surface area (Å²) in [5, 5.41) is 3.24. The summed E-state index contributed by atoms with van der Waals surface area (Å²) >= 11 is 0. The molecule has 0 bridgehead atoms. The van der Waals surface area contributed by atoms with Crippen molar-refractivity contribution in [2.24, 2.45) is 5.92 Å². The van der Waals surface area contributed by atoms with E-state index < -0.39 is 0 Å². The third kappa shape index (κ3) is 3.09. The fraction of sp³-hybridized carbons (Fsp3) is 0.600. The average molecular weight is 250 g/mol. The molecule has 0 amide bonds. The van der Waals surface area contributed by atoms with E-state index >= 15 is 0 Å². The van der Waals surface area contributed by atoms with Crippen molar-refractivity contribution in [1.29, 1.82) is 0 Å². The zero-order chi connectivity index (χ0) is 13.0. The first-order chi connectivity index (χ1) is 8.72. The van der Waals surface area contributed by atoms with Crippen molar-refractivity contribution in [3.8, 4) is 0 Å². The second-order valence-corrected chi connectivity index (χ2v) is 5.23. The molecule has 1 N–H and O–H groups in total. The molecule has 0 radical (unpaired) electrons. The van der Waals surface area contributed by atoms with E-state index in [9.17, 15) is 4.39 Å². The molecule has 1 atom stereocenters. The molecule has 1 aromatic carbocycles. The molecule has 3 heteroatoms. The maximum Gasteiger partial charge on any atom is 0.127 e. The van der Waals surface area contributed by atoms with E-state index in [0.717, 1.165) is 31.1 Å². The van der Waals surface area contributed by atoms with E-state index in [-0.39, 0.29) is 11.9 Å². The van der Waals surface area contributed by atoms with E-state index in [1.54, 1.807) is 12.1 Å². The molecule has 1 saturated heterocycles. The number of piperidine rings is 1. The summed E-state index contributed by atoms with van der Waals surface area (Å²) in [5.74, 6) is 0.696. The van der Waals surface area contributed by atoms with Crippen LogP contribution in [-0.4, -0.2) is 31.6 Å². The summed E-state index contributed by atoms with van der Waals surface area (Å²) in [6, 6.07) is 7.31. The number of nitrogens with zero attached hydrogens (tertiary/aromatic N) is 1. The summed E-state index contributed by atoms with van der Waals surface area (Å²) in [5.41, 5.74) is 0.824. The van der Waals surface area contributed by atoms with Crippen LogP contribution in [0, 0.1) is 11.7 Å². The highest BCUT2D eigenvalue weighted by Crippen LogP contribution is 2.27. The Hall–Kier alpha value is -0.930. The predicted octanol–water partition coefficient (Wildman–Crippen LogP) is 2.82. The van der Waals surface area contributed by atoms with Crippen LogP contribution in [0.15, 0.2) is 24.3 Å². The van der Waals surface area contributed by atoms with E-state index in [1.807, 2.05) is 19.2 Å². The number of benzene rings is 1. The Morgan fingerprint density at radius 2 is 2.00 bits per heavy atom. The molecule has 2 nitrogen and oxygen atoms in total. The minimum absolute atomic E-state index is 0.0812. The van der Waals surface area contributed by atoms with Crippen molar-refractivity contribution < 1.29 is 4.39 Å². The van der Waals surface area contributed by atoms with Gasteiger partial charge in [-0.3, -0.25) is 4.90 Å². The Bertz CT molecular complexity index is 373. The van der Waals surface area contributed by atoms with Gasteiger partial charge in [-0.1, -0.05) is 18.2 Å². The topological polar surface area (TPSA) is 15.3 Å². The van der Waals surface area contributed by atoms with Gasteiger partial charge in [-0.25, -0.2) is 4.39 Å². The van der Waals surface area contributed by atoms with E-state index in [2.05, 4.69) is 17.1 Å². The van der Waals surface area contributed by atoms with Crippen LogP contribution in [0.3, 0.4) is 0 Å². The molecule has 0 saturated carbocycles. The average Bonchev–Trinajstić information content (AvgIpc) is 2.40. The van der Waals surface area contributed by atoms with Crippen LogP contribution in [0.25, 0.3) is 0 Å². The minimum Gasteiger partial charge on any atom is -0.319 e. The second-order valence-electron chi connectivity index (χ2n) is 5.23. The second kappa shape index (κ2) is 6.30. The predicted molar refractivity (Wildman–Crippen MR) is 73.0 cm³/mol. The Morgan fingerprint density at radius 1 is 1.33 bits per heavy atom. The Kier molecular flexibility index (Phi) is 4.72.